The largest absolute Gasteiger partial charge is 0.396 e. The highest BCUT2D eigenvalue weighted by molar-refractivity contribution is 6.35. The van der Waals surface area contributed by atoms with Crippen LogP contribution in [0.3, 0.4) is 0 Å². The van der Waals surface area contributed by atoms with Crippen molar-refractivity contribution in [2.45, 2.75) is 38.2 Å². The summed E-state index contributed by atoms with van der Waals surface area (Å²) < 4.78 is 5.34. The first-order chi connectivity index (χ1) is 8.74. The third-order valence-corrected chi connectivity index (χ3v) is 2.84. The monoisotopic (exact) mass is 258 g/mol. The van der Waals surface area contributed by atoms with Gasteiger partial charge in [0.1, 0.15) is 0 Å². The molecule has 104 valence electrons. The predicted octanol–water partition coefficient (Wildman–Crippen LogP) is -0.440. The summed E-state index contributed by atoms with van der Waals surface area (Å²) in [6, 6.07) is 0. The standard InChI is InChI=1S/C12H22N2O4/c15-7-3-1-2-6-13-11(16)12(17)14-9-10-5-4-8-18-10/h10,15H,1-9H2,(H,13,16)(H,14,17)/t10-/m1/s1. The van der Waals surface area contributed by atoms with E-state index in [0.29, 0.717) is 13.1 Å². The SMILES string of the molecule is O=C(NCCCCCO)C(=O)NC[C@H]1CCCO1. The normalized spacial score (nSPS) is 18.6. The summed E-state index contributed by atoms with van der Waals surface area (Å²) in [5.41, 5.74) is 0. The van der Waals surface area contributed by atoms with E-state index in [4.69, 9.17) is 9.84 Å². The lowest BCUT2D eigenvalue weighted by molar-refractivity contribution is -0.139. The summed E-state index contributed by atoms with van der Waals surface area (Å²) in [5, 5.41) is 13.7. The molecule has 18 heavy (non-hydrogen) atoms. The maximum Gasteiger partial charge on any atom is 0.309 e. The summed E-state index contributed by atoms with van der Waals surface area (Å²) in [4.78, 5) is 22.8. The fraction of sp³-hybridized carbons (Fsp3) is 0.833. The van der Waals surface area contributed by atoms with Gasteiger partial charge in [-0.05, 0) is 32.1 Å². The Kier molecular flexibility index (Phi) is 7.36. The molecular weight excluding hydrogens is 236 g/mol. The van der Waals surface area contributed by atoms with Gasteiger partial charge in [0.15, 0.2) is 0 Å². The first-order valence-electron chi connectivity index (χ1n) is 6.52. The van der Waals surface area contributed by atoms with E-state index < -0.39 is 11.8 Å². The number of rotatable bonds is 7. The molecule has 0 spiro atoms. The zero-order chi connectivity index (χ0) is 13.2. The molecule has 1 saturated heterocycles. The van der Waals surface area contributed by atoms with E-state index in [2.05, 4.69) is 10.6 Å². The molecule has 1 atom stereocenters. The molecule has 0 aliphatic carbocycles. The van der Waals surface area contributed by atoms with Crippen molar-refractivity contribution in [1.82, 2.24) is 10.6 Å². The van der Waals surface area contributed by atoms with Crippen LogP contribution in [0.25, 0.3) is 0 Å². The summed E-state index contributed by atoms with van der Waals surface area (Å²) in [5.74, 6) is -1.20. The molecule has 0 aromatic heterocycles. The van der Waals surface area contributed by atoms with Crippen molar-refractivity contribution in [2.75, 3.05) is 26.3 Å². The first kappa shape index (κ1) is 14.9. The van der Waals surface area contributed by atoms with Gasteiger partial charge in [0, 0.05) is 26.3 Å². The highest BCUT2D eigenvalue weighted by Crippen LogP contribution is 2.10. The second kappa shape index (κ2) is 8.88. The third kappa shape index (κ3) is 5.97. The van der Waals surface area contributed by atoms with E-state index in [-0.39, 0.29) is 12.7 Å². The Morgan fingerprint density at radius 2 is 1.94 bits per heavy atom. The third-order valence-electron chi connectivity index (χ3n) is 2.84. The van der Waals surface area contributed by atoms with Crippen LogP contribution >= 0.6 is 0 Å². The van der Waals surface area contributed by atoms with Gasteiger partial charge >= 0.3 is 11.8 Å². The summed E-state index contributed by atoms with van der Waals surface area (Å²) in [6.07, 6.45) is 4.33. The predicted molar refractivity (Wildman–Crippen MR) is 65.9 cm³/mol. The Morgan fingerprint density at radius 3 is 2.61 bits per heavy atom. The fourth-order valence-corrected chi connectivity index (χ4v) is 1.79. The molecule has 2 amide bonds. The minimum Gasteiger partial charge on any atom is -0.396 e. The maximum atomic E-state index is 11.4. The first-order valence-corrected chi connectivity index (χ1v) is 6.52. The second-order valence-electron chi connectivity index (χ2n) is 4.39. The fourth-order valence-electron chi connectivity index (χ4n) is 1.79. The lowest BCUT2D eigenvalue weighted by Crippen LogP contribution is -2.42. The van der Waals surface area contributed by atoms with Crippen molar-refractivity contribution < 1.29 is 19.4 Å². The average molecular weight is 258 g/mol. The number of ether oxygens (including phenoxy) is 1. The Bertz CT molecular complexity index is 265. The Morgan fingerprint density at radius 1 is 1.17 bits per heavy atom. The molecule has 0 saturated carbocycles. The molecule has 0 aromatic carbocycles. The van der Waals surface area contributed by atoms with Crippen LogP contribution in [0.15, 0.2) is 0 Å². The highest BCUT2D eigenvalue weighted by Gasteiger charge is 2.18. The molecule has 0 unspecified atom stereocenters. The second-order valence-corrected chi connectivity index (χ2v) is 4.39. The van der Waals surface area contributed by atoms with Crippen molar-refractivity contribution in [1.29, 1.82) is 0 Å². The van der Waals surface area contributed by atoms with Gasteiger partial charge in [0.25, 0.3) is 0 Å². The molecular formula is C12H22N2O4. The van der Waals surface area contributed by atoms with Gasteiger partial charge in [-0.25, -0.2) is 0 Å². The van der Waals surface area contributed by atoms with Crippen LogP contribution in [0.1, 0.15) is 32.1 Å². The molecule has 1 rings (SSSR count). The van der Waals surface area contributed by atoms with Crippen molar-refractivity contribution in [2.24, 2.45) is 0 Å². The molecule has 0 aromatic rings. The van der Waals surface area contributed by atoms with Gasteiger partial charge in [-0.15, -0.1) is 0 Å². The van der Waals surface area contributed by atoms with E-state index in [0.717, 1.165) is 38.7 Å². The van der Waals surface area contributed by atoms with Gasteiger partial charge in [-0.3, -0.25) is 9.59 Å². The van der Waals surface area contributed by atoms with Crippen LogP contribution in [0, 0.1) is 0 Å². The minimum absolute atomic E-state index is 0.0475. The van der Waals surface area contributed by atoms with E-state index in [1.165, 1.54) is 0 Å². The Labute approximate surface area is 107 Å². The quantitative estimate of drug-likeness (QED) is 0.427. The molecule has 0 radical (unpaired) electrons. The van der Waals surface area contributed by atoms with Crippen molar-refractivity contribution in [3.05, 3.63) is 0 Å². The van der Waals surface area contributed by atoms with Crippen molar-refractivity contribution in [3.8, 4) is 0 Å². The smallest absolute Gasteiger partial charge is 0.309 e. The lowest BCUT2D eigenvalue weighted by atomic mass is 10.2. The van der Waals surface area contributed by atoms with Crippen molar-refractivity contribution >= 4 is 11.8 Å². The molecule has 1 heterocycles. The molecule has 6 nitrogen and oxygen atoms in total. The number of hydrogen-bond acceptors (Lipinski definition) is 4. The number of aliphatic hydroxyl groups is 1. The molecule has 1 fully saturated rings. The lowest BCUT2D eigenvalue weighted by Gasteiger charge is -2.10. The molecule has 1 aliphatic heterocycles. The Hall–Kier alpha value is -1.14. The van der Waals surface area contributed by atoms with E-state index in [9.17, 15) is 9.59 Å². The number of aliphatic hydroxyl groups excluding tert-OH is 1. The van der Waals surface area contributed by atoms with Gasteiger partial charge in [-0.2, -0.15) is 0 Å². The number of amides is 2. The topological polar surface area (TPSA) is 87.7 Å². The zero-order valence-corrected chi connectivity index (χ0v) is 10.6. The molecule has 1 aliphatic rings. The van der Waals surface area contributed by atoms with Crippen LogP contribution in [0.2, 0.25) is 0 Å². The zero-order valence-electron chi connectivity index (χ0n) is 10.6. The minimum atomic E-state index is -0.604. The number of carbonyl (C=O) groups excluding carboxylic acids is 2. The number of unbranched alkanes of at least 4 members (excludes halogenated alkanes) is 2. The van der Waals surface area contributed by atoms with Gasteiger partial charge in [-0.1, -0.05) is 0 Å². The van der Waals surface area contributed by atoms with Gasteiger partial charge < -0.3 is 20.5 Å². The van der Waals surface area contributed by atoms with Crippen LogP contribution in [-0.4, -0.2) is 49.3 Å². The number of hydrogen-bond donors (Lipinski definition) is 3. The summed E-state index contributed by atoms with van der Waals surface area (Å²) in [6.45, 7) is 1.76. The van der Waals surface area contributed by atoms with Crippen LogP contribution in [-0.2, 0) is 14.3 Å². The summed E-state index contributed by atoms with van der Waals surface area (Å²) >= 11 is 0. The van der Waals surface area contributed by atoms with E-state index in [1.54, 1.807) is 0 Å². The van der Waals surface area contributed by atoms with Gasteiger partial charge in [0.2, 0.25) is 0 Å². The van der Waals surface area contributed by atoms with Crippen LogP contribution in [0.4, 0.5) is 0 Å². The number of carbonyl (C=O) groups is 2. The van der Waals surface area contributed by atoms with Crippen LogP contribution in [0.5, 0.6) is 0 Å². The Balaban J connectivity index is 2.03. The van der Waals surface area contributed by atoms with E-state index >= 15 is 0 Å². The average Bonchev–Trinajstić information content (AvgIpc) is 2.88. The highest BCUT2D eigenvalue weighted by atomic mass is 16.5. The molecule has 6 heteroatoms. The van der Waals surface area contributed by atoms with Crippen LogP contribution < -0.4 is 10.6 Å². The van der Waals surface area contributed by atoms with E-state index in [1.807, 2.05) is 0 Å². The number of nitrogens with one attached hydrogen (secondary N) is 2. The van der Waals surface area contributed by atoms with Crippen molar-refractivity contribution in [3.63, 3.8) is 0 Å². The maximum absolute atomic E-state index is 11.4. The molecule has 0 bridgehead atoms. The molecule has 3 N–H and O–H groups in total. The van der Waals surface area contributed by atoms with Gasteiger partial charge in [0.05, 0.1) is 6.10 Å². The summed E-state index contributed by atoms with van der Waals surface area (Å²) in [7, 11) is 0.